The molecule has 0 aliphatic heterocycles. The molecule has 23 heavy (non-hydrogen) atoms. The van der Waals surface area contributed by atoms with E-state index in [4.69, 9.17) is 0 Å². The van der Waals surface area contributed by atoms with Crippen molar-refractivity contribution in [3.8, 4) is 0 Å². The van der Waals surface area contributed by atoms with Crippen molar-refractivity contribution in [3.63, 3.8) is 0 Å². The lowest BCUT2D eigenvalue weighted by atomic mass is 10.1. The topological polar surface area (TPSA) is 78.5 Å². The molecule has 2 aromatic rings. The minimum absolute atomic E-state index is 0.0264. The quantitative estimate of drug-likeness (QED) is 0.802. The first-order valence-electron chi connectivity index (χ1n) is 6.34. The van der Waals surface area contributed by atoms with E-state index in [9.17, 15) is 26.7 Å². The van der Waals surface area contributed by atoms with Gasteiger partial charge in [0.15, 0.2) is 5.82 Å². The van der Waals surface area contributed by atoms with Gasteiger partial charge in [0.05, 0.1) is 0 Å². The second kappa shape index (κ2) is 5.66. The second-order valence-electron chi connectivity index (χ2n) is 5.06. The summed E-state index contributed by atoms with van der Waals surface area (Å²) in [4.78, 5) is 18.7. The molecule has 0 N–H and O–H groups in total. The number of carbonyl (C=O) groups is 1. The van der Waals surface area contributed by atoms with Gasteiger partial charge in [-0.25, -0.2) is 14.8 Å². The van der Waals surface area contributed by atoms with E-state index in [1.165, 1.54) is 0 Å². The first-order chi connectivity index (χ1) is 10.5. The van der Waals surface area contributed by atoms with Gasteiger partial charge in [0.2, 0.25) is 5.82 Å². The van der Waals surface area contributed by atoms with Crippen molar-refractivity contribution in [2.75, 3.05) is 0 Å². The summed E-state index contributed by atoms with van der Waals surface area (Å²) in [5.74, 6) is -7.56. The molecule has 0 radical (unpaired) electrons. The van der Waals surface area contributed by atoms with Crippen molar-refractivity contribution in [3.05, 3.63) is 24.3 Å². The molecule has 2 heterocycles. The Morgan fingerprint density at radius 3 is 2.39 bits per heavy atom. The van der Waals surface area contributed by atoms with Crippen LogP contribution in [0.3, 0.4) is 0 Å². The van der Waals surface area contributed by atoms with E-state index < -0.39 is 24.0 Å². The summed E-state index contributed by atoms with van der Waals surface area (Å²) >= 11 is 0. The van der Waals surface area contributed by atoms with Crippen LogP contribution < -0.4 is 0 Å². The second-order valence-corrected chi connectivity index (χ2v) is 5.06. The van der Waals surface area contributed by atoms with Crippen LogP contribution >= 0.6 is 0 Å². The molecule has 0 spiro atoms. The lowest BCUT2D eigenvalue weighted by Gasteiger charge is -2.18. The predicted octanol–water partition coefficient (Wildman–Crippen LogP) is 2.24. The Kier molecular flexibility index (Phi) is 4.18. The summed E-state index contributed by atoms with van der Waals surface area (Å²) in [6.45, 7) is 3.39. The molecule has 0 unspecified atom stereocenters. The van der Waals surface area contributed by atoms with Gasteiger partial charge < -0.3 is 0 Å². The maximum absolute atomic E-state index is 13.6. The molecule has 2 aromatic heterocycles. The van der Waals surface area contributed by atoms with Crippen LogP contribution in [0, 0.1) is 5.92 Å². The van der Waals surface area contributed by atoms with Crippen molar-refractivity contribution >= 4 is 6.03 Å². The fourth-order valence-electron chi connectivity index (χ4n) is 1.67. The van der Waals surface area contributed by atoms with Crippen molar-refractivity contribution in [2.45, 2.75) is 32.4 Å². The van der Waals surface area contributed by atoms with Gasteiger partial charge in [-0.1, -0.05) is 13.8 Å². The maximum Gasteiger partial charge on any atom is 0.461 e. The number of aromatic nitrogens is 6. The van der Waals surface area contributed by atoms with Gasteiger partial charge in [0.1, 0.15) is 12.7 Å². The van der Waals surface area contributed by atoms with Crippen LogP contribution in [0.2, 0.25) is 0 Å². The number of hydrogen-bond donors (Lipinski definition) is 0. The molecule has 0 saturated carbocycles. The van der Waals surface area contributed by atoms with Crippen LogP contribution in [-0.2, 0) is 12.3 Å². The third-order valence-corrected chi connectivity index (χ3v) is 2.67. The third kappa shape index (κ3) is 3.19. The lowest BCUT2D eigenvalue weighted by Crippen LogP contribution is -2.38. The van der Waals surface area contributed by atoms with Gasteiger partial charge in [-0.15, -0.1) is 5.10 Å². The molecule has 0 fully saturated rings. The number of halogens is 5. The molecule has 0 saturated heterocycles. The summed E-state index contributed by atoms with van der Waals surface area (Å²) in [7, 11) is 0. The third-order valence-electron chi connectivity index (χ3n) is 2.67. The Labute approximate surface area is 126 Å². The van der Waals surface area contributed by atoms with Crippen molar-refractivity contribution in [1.82, 2.24) is 29.5 Å². The summed E-state index contributed by atoms with van der Waals surface area (Å²) in [6, 6.07) is -1.34. The Morgan fingerprint density at radius 2 is 1.91 bits per heavy atom. The van der Waals surface area contributed by atoms with E-state index in [-0.39, 0.29) is 22.8 Å². The molecule has 0 bridgehead atoms. The van der Waals surface area contributed by atoms with Crippen LogP contribution in [0.25, 0.3) is 0 Å². The number of alkyl halides is 5. The molecular formula is C11H11F5N6O. The average Bonchev–Trinajstić information content (AvgIpc) is 3.04. The molecule has 126 valence electrons. The fraction of sp³-hybridized carbons (Fsp3) is 0.545. The molecule has 0 aromatic carbocycles. The predicted molar refractivity (Wildman–Crippen MR) is 64.7 cm³/mol. The lowest BCUT2D eigenvalue weighted by molar-refractivity contribution is -0.293. The summed E-state index contributed by atoms with van der Waals surface area (Å²) in [6.07, 6.45) is -4.12. The van der Waals surface area contributed by atoms with E-state index in [2.05, 4.69) is 20.2 Å². The molecule has 12 heteroatoms. The molecular weight excluding hydrogens is 327 g/mol. The van der Waals surface area contributed by atoms with Crippen LogP contribution in [0.4, 0.5) is 26.7 Å². The molecule has 0 aliphatic carbocycles. The Morgan fingerprint density at radius 1 is 1.26 bits per heavy atom. The van der Waals surface area contributed by atoms with Crippen LogP contribution in [-0.4, -0.2) is 41.7 Å². The van der Waals surface area contributed by atoms with Crippen molar-refractivity contribution in [2.24, 2.45) is 5.92 Å². The van der Waals surface area contributed by atoms with Gasteiger partial charge in [-0.05, 0) is 5.92 Å². The summed E-state index contributed by atoms with van der Waals surface area (Å²) < 4.78 is 65.4. The number of carbonyl (C=O) groups excluding carboxylic acids is 1. The van der Waals surface area contributed by atoms with Crippen molar-refractivity contribution < 1.29 is 26.7 Å². The van der Waals surface area contributed by atoms with Crippen LogP contribution in [0.1, 0.15) is 25.5 Å². The zero-order valence-corrected chi connectivity index (χ0v) is 11.9. The monoisotopic (exact) mass is 338 g/mol. The summed E-state index contributed by atoms with van der Waals surface area (Å²) in [5, 5.41) is 6.86. The van der Waals surface area contributed by atoms with E-state index in [1.54, 1.807) is 13.8 Å². The van der Waals surface area contributed by atoms with Crippen LogP contribution in [0.5, 0.6) is 0 Å². The van der Waals surface area contributed by atoms with Gasteiger partial charge in [0.25, 0.3) is 0 Å². The Hall–Kier alpha value is -2.40. The molecule has 0 aliphatic rings. The molecule has 2 rings (SSSR count). The van der Waals surface area contributed by atoms with Crippen LogP contribution in [0.15, 0.2) is 12.7 Å². The highest BCUT2D eigenvalue weighted by Crippen LogP contribution is 2.43. The first-order valence-corrected chi connectivity index (χ1v) is 6.34. The highest BCUT2D eigenvalue weighted by molar-refractivity contribution is 5.77. The number of hydrogen-bond acceptors (Lipinski definition) is 5. The highest BCUT2D eigenvalue weighted by Gasteiger charge is 2.62. The number of nitrogens with zero attached hydrogens (tertiary/aromatic N) is 6. The van der Waals surface area contributed by atoms with E-state index in [0.29, 0.717) is 4.68 Å². The summed E-state index contributed by atoms with van der Waals surface area (Å²) in [5.41, 5.74) is 0. The first kappa shape index (κ1) is 17.0. The van der Waals surface area contributed by atoms with Gasteiger partial charge in [-0.2, -0.15) is 36.4 Å². The Bertz CT molecular complexity index is 690. The molecule has 7 nitrogen and oxygen atoms in total. The van der Waals surface area contributed by atoms with Crippen molar-refractivity contribution in [1.29, 1.82) is 0 Å². The maximum atomic E-state index is 13.6. The minimum atomic E-state index is -5.92. The molecule has 0 amide bonds. The minimum Gasteiger partial charge on any atom is -0.243 e. The van der Waals surface area contributed by atoms with E-state index in [1.807, 2.05) is 0 Å². The Balaban J connectivity index is 2.55. The SMILES string of the molecule is CC(C)Cc1nc(C(F)(F)C(F)(F)F)n(C(=O)n2cncn2)n1. The highest BCUT2D eigenvalue weighted by atomic mass is 19.4. The van der Waals surface area contributed by atoms with Gasteiger partial charge >= 0.3 is 18.1 Å². The average molecular weight is 338 g/mol. The van der Waals surface area contributed by atoms with E-state index in [0.717, 1.165) is 12.7 Å². The normalized spacial score (nSPS) is 12.9. The zero-order valence-electron chi connectivity index (χ0n) is 11.9. The van der Waals surface area contributed by atoms with Gasteiger partial charge in [-0.3, -0.25) is 0 Å². The molecule has 0 atom stereocenters. The smallest absolute Gasteiger partial charge is 0.243 e. The number of rotatable bonds is 3. The van der Waals surface area contributed by atoms with E-state index >= 15 is 0 Å². The standard InChI is InChI=1S/C11H11F5N6O/c1-6(2)3-7-19-8(10(12,13)11(14,15)16)22(20-7)9(23)21-5-17-4-18-21/h4-6H,3H2,1-2H3. The fourth-order valence-corrected chi connectivity index (χ4v) is 1.67. The zero-order chi connectivity index (χ0) is 17.4. The largest absolute Gasteiger partial charge is 0.461 e. The van der Waals surface area contributed by atoms with Gasteiger partial charge in [0, 0.05) is 6.42 Å².